The van der Waals surface area contributed by atoms with E-state index in [9.17, 15) is 14.7 Å². The van der Waals surface area contributed by atoms with Crippen molar-refractivity contribution in [3.8, 4) is 28.3 Å². The highest BCUT2D eigenvalue weighted by Gasteiger charge is 2.33. The predicted molar refractivity (Wildman–Crippen MR) is 189 cm³/mol. The number of rotatable bonds is 7. The molecule has 2 aliphatic rings. The molecule has 1 fully saturated rings. The lowest BCUT2D eigenvalue weighted by atomic mass is 9.96. The van der Waals surface area contributed by atoms with Gasteiger partial charge in [-0.2, -0.15) is 0 Å². The summed E-state index contributed by atoms with van der Waals surface area (Å²) in [7, 11) is 4.65. The van der Waals surface area contributed by atoms with Gasteiger partial charge in [-0.15, -0.1) is 0 Å². The van der Waals surface area contributed by atoms with E-state index in [0.29, 0.717) is 41.5 Å². The average Bonchev–Trinajstić information content (AvgIpc) is 3.50. The normalized spacial score (nSPS) is 18.9. The Labute approximate surface area is 287 Å². The van der Waals surface area contributed by atoms with Gasteiger partial charge in [0.15, 0.2) is 5.65 Å². The minimum atomic E-state index is -0.554. The number of fused-ring (bicyclic) bond motifs is 2. The van der Waals surface area contributed by atoms with Crippen molar-refractivity contribution in [2.45, 2.75) is 51.3 Å². The van der Waals surface area contributed by atoms with Crippen LogP contribution in [0.1, 0.15) is 41.4 Å². The lowest BCUT2D eigenvalue weighted by molar-refractivity contribution is -0.0304. The van der Waals surface area contributed by atoms with Gasteiger partial charge in [0.1, 0.15) is 17.0 Å². The molecule has 3 aromatic heterocycles. The van der Waals surface area contributed by atoms with Crippen molar-refractivity contribution in [3.63, 3.8) is 0 Å². The lowest BCUT2D eigenvalue weighted by Gasteiger charge is -2.31. The Kier molecular flexibility index (Phi) is 8.74. The van der Waals surface area contributed by atoms with Crippen molar-refractivity contribution in [3.05, 3.63) is 90.8 Å². The molecular weight excluding hydrogens is 646 g/mol. The number of aryl methyl sites for hydroxylation is 3. The molecule has 1 aliphatic carbocycles. The van der Waals surface area contributed by atoms with Crippen LogP contribution < -0.4 is 26.6 Å². The summed E-state index contributed by atoms with van der Waals surface area (Å²) in [5.41, 5.74) is 6.28. The van der Waals surface area contributed by atoms with Gasteiger partial charge in [0.2, 0.25) is 5.88 Å². The zero-order chi connectivity index (χ0) is 34.6. The van der Waals surface area contributed by atoms with Crippen LogP contribution in [0.15, 0.2) is 52.1 Å². The summed E-state index contributed by atoms with van der Waals surface area (Å²) in [5, 5.41) is 18.2. The number of nitrogens with zero attached hydrogens (tertiary/aromatic N) is 5. The first kappa shape index (κ1) is 32.9. The maximum absolute atomic E-state index is 13.2. The van der Waals surface area contributed by atoms with E-state index in [1.165, 1.54) is 11.6 Å². The Morgan fingerprint density at radius 1 is 1.00 bits per heavy atom. The zero-order valence-corrected chi connectivity index (χ0v) is 28.8. The van der Waals surface area contributed by atoms with Crippen LogP contribution in [0.5, 0.6) is 5.88 Å². The molecule has 254 valence electrons. The van der Waals surface area contributed by atoms with Gasteiger partial charge in [0.25, 0.3) is 5.56 Å². The number of nitrogens with one attached hydrogen (secondary N) is 2. The van der Waals surface area contributed by atoms with Crippen LogP contribution in [0, 0.1) is 13.8 Å². The largest absolute Gasteiger partial charge is 0.481 e. The first-order chi connectivity index (χ1) is 23.6. The molecule has 0 saturated carbocycles. The molecule has 3 atom stereocenters. The maximum Gasteiger partial charge on any atom is 0.332 e. The summed E-state index contributed by atoms with van der Waals surface area (Å²) in [4.78, 5) is 39.7. The fourth-order valence-electron chi connectivity index (χ4n) is 7.03. The van der Waals surface area contributed by atoms with Crippen LogP contribution >= 0.6 is 11.6 Å². The summed E-state index contributed by atoms with van der Waals surface area (Å²) >= 11 is 7.20. The van der Waals surface area contributed by atoms with E-state index in [-0.39, 0.29) is 23.1 Å². The van der Waals surface area contributed by atoms with E-state index in [1.54, 1.807) is 21.1 Å². The number of ether oxygens (including phenoxy) is 2. The molecule has 1 aliphatic heterocycles. The minimum Gasteiger partial charge on any atom is -0.481 e. The Bertz CT molecular complexity index is 2230. The van der Waals surface area contributed by atoms with Crippen molar-refractivity contribution in [2.24, 2.45) is 14.1 Å². The molecule has 7 rings (SSSR count). The standard InChI is InChI=1S/C36H38ClN7O5/c1-18-21(8-7-11-24(18)41-32-30-33(39-19(2)38-32)43(3)36(47)44(4)35(30)46)22-9-6-10-23(31(22)37)27-16-20-12-13-26(29(20)34(42-27)48-5)40-25-14-15-49-17-28(25)45/h6-11,16,25-26,28,40,45H,12-15,17H2,1-5H3,(H,38,39,41)/t25-,26-,28+/m0/s1. The number of halogens is 1. The highest BCUT2D eigenvalue weighted by atomic mass is 35.5. The first-order valence-electron chi connectivity index (χ1n) is 16.3. The summed E-state index contributed by atoms with van der Waals surface area (Å²) in [6.07, 6.45) is 1.91. The molecule has 12 nitrogen and oxygen atoms in total. The van der Waals surface area contributed by atoms with Gasteiger partial charge < -0.3 is 25.2 Å². The van der Waals surface area contributed by atoms with Gasteiger partial charge in [-0.05, 0) is 61.9 Å². The Morgan fingerprint density at radius 2 is 1.76 bits per heavy atom. The topological polar surface area (TPSA) is 145 Å². The first-order valence-corrected chi connectivity index (χ1v) is 16.6. The molecule has 49 heavy (non-hydrogen) atoms. The number of aromatic nitrogens is 5. The van der Waals surface area contributed by atoms with E-state index in [0.717, 1.165) is 62.9 Å². The minimum absolute atomic E-state index is 0.0183. The molecule has 0 radical (unpaired) electrons. The number of anilines is 2. The van der Waals surface area contributed by atoms with Crippen LogP contribution in [0.3, 0.4) is 0 Å². The maximum atomic E-state index is 13.2. The summed E-state index contributed by atoms with van der Waals surface area (Å²) in [6.45, 7) is 4.65. The average molecular weight is 684 g/mol. The van der Waals surface area contributed by atoms with Crippen LogP contribution in [0.25, 0.3) is 33.4 Å². The van der Waals surface area contributed by atoms with Gasteiger partial charge in [-0.3, -0.25) is 13.9 Å². The van der Waals surface area contributed by atoms with E-state index in [1.807, 2.05) is 43.3 Å². The van der Waals surface area contributed by atoms with Gasteiger partial charge in [0.05, 0.1) is 30.5 Å². The van der Waals surface area contributed by atoms with Crippen molar-refractivity contribution < 1.29 is 14.6 Å². The number of pyridine rings is 1. The number of hydrogen-bond acceptors (Lipinski definition) is 10. The second-order valence-electron chi connectivity index (χ2n) is 12.7. The molecule has 0 spiro atoms. The highest BCUT2D eigenvalue weighted by Crippen LogP contribution is 2.43. The van der Waals surface area contributed by atoms with Crippen LogP contribution in [-0.4, -0.2) is 61.7 Å². The second-order valence-corrected chi connectivity index (χ2v) is 13.1. The third-order valence-corrected chi connectivity index (χ3v) is 10.1. The molecule has 4 heterocycles. The van der Waals surface area contributed by atoms with Gasteiger partial charge in [0, 0.05) is 55.2 Å². The molecule has 2 aromatic carbocycles. The Hall–Kier alpha value is -4.62. The smallest absolute Gasteiger partial charge is 0.332 e. The highest BCUT2D eigenvalue weighted by molar-refractivity contribution is 6.36. The van der Waals surface area contributed by atoms with E-state index in [4.69, 9.17) is 26.1 Å². The Morgan fingerprint density at radius 3 is 2.53 bits per heavy atom. The monoisotopic (exact) mass is 683 g/mol. The second kappa shape index (κ2) is 13.0. The van der Waals surface area contributed by atoms with Crippen molar-refractivity contribution in [2.75, 3.05) is 25.6 Å². The van der Waals surface area contributed by atoms with Crippen molar-refractivity contribution >= 4 is 34.1 Å². The van der Waals surface area contributed by atoms with Gasteiger partial charge in [-0.1, -0.05) is 41.9 Å². The number of methoxy groups -OCH3 is 1. The Balaban J connectivity index is 1.25. The number of benzene rings is 2. The lowest BCUT2D eigenvalue weighted by Crippen LogP contribution is -2.47. The number of hydrogen-bond donors (Lipinski definition) is 3. The molecule has 1 saturated heterocycles. The molecule has 0 amide bonds. The SMILES string of the molecule is COc1nc(-c2cccc(-c3cccc(Nc4nc(C)nc5c4c(=O)n(C)c(=O)n5C)c3C)c2Cl)cc2c1[C@@H](N[C@H]1CCOC[C@H]1O)CC2. The predicted octanol–water partition coefficient (Wildman–Crippen LogP) is 4.51. The van der Waals surface area contributed by atoms with E-state index >= 15 is 0 Å². The summed E-state index contributed by atoms with van der Waals surface area (Å²) < 4.78 is 13.7. The number of aliphatic hydroxyl groups excluding tert-OH is 1. The van der Waals surface area contributed by atoms with Gasteiger partial charge >= 0.3 is 5.69 Å². The fourth-order valence-corrected chi connectivity index (χ4v) is 7.35. The third kappa shape index (κ3) is 5.78. The molecule has 5 aromatic rings. The molecule has 13 heteroatoms. The molecule has 0 unspecified atom stereocenters. The summed E-state index contributed by atoms with van der Waals surface area (Å²) in [5.74, 6) is 1.28. The third-order valence-electron chi connectivity index (χ3n) is 9.66. The van der Waals surface area contributed by atoms with E-state index in [2.05, 4.69) is 26.7 Å². The zero-order valence-electron chi connectivity index (χ0n) is 28.0. The van der Waals surface area contributed by atoms with Crippen molar-refractivity contribution in [1.82, 2.24) is 29.4 Å². The van der Waals surface area contributed by atoms with Crippen molar-refractivity contribution in [1.29, 1.82) is 0 Å². The number of aliphatic hydroxyl groups is 1. The van der Waals surface area contributed by atoms with Crippen LogP contribution in [0.4, 0.5) is 11.5 Å². The van der Waals surface area contributed by atoms with E-state index < -0.39 is 17.4 Å². The molecular formula is C36H38ClN7O5. The fraction of sp³-hybridized carbons (Fsp3) is 0.361. The van der Waals surface area contributed by atoms with Crippen LogP contribution in [0.2, 0.25) is 5.02 Å². The molecule has 0 bridgehead atoms. The quantitative estimate of drug-likeness (QED) is 0.224. The molecule has 3 N–H and O–H groups in total. The summed E-state index contributed by atoms with van der Waals surface area (Å²) in [6, 6.07) is 13.8. The van der Waals surface area contributed by atoms with Gasteiger partial charge in [-0.25, -0.2) is 19.7 Å². The van der Waals surface area contributed by atoms with Crippen LogP contribution in [-0.2, 0) is 25.3 Å².